The molecule has 3 heteroatoms. The van der Waals surface area contributed by atoms with E-state index in [0.29, 0.717) is 24.4 Å². The Hall–Kier alpha value is -1.77. The van der Waals surface area contributed by atoms with E-state index >= 15 is 0 Å². The minimum atomic E-state index is 0.364. The van der Waals surface area contributed by atoms with E-state index in [1.54, 1.807) is 0 Å². The minimum absolute atomic E-state index is 0.364. The molecular formula is C20H26N2O. The van der Waals surface area contributed by atoms with Crippen LogP contribution in [0.3, 0.4) is 0 Å². The quantitative estimate of drug-likeness (QED) is 0.902. The lowest BCUT2D eigenvalue weighted by molar-refractivity contribution is -0.146. The number of aryl methyl sites for hydroxylation is 2. The van der Waals surface area contributed by atoms with Crippen molar-refractivity contribution in [1.29, 1.82) is 0 Å². The molecule has 122 valence electrons. The van der Waals surface area contributed by atoms with Crippen molar-refractivity contribution < 1.29 is 4.79 Å². The summed E-state index contributed by atoms with van der Waals surface area (Å²) in [7, 11) is 0. The first kappa shape index (κ1) is 14.8. The summed E-state index contributed by atoms with van der Waals surface area (Å²) in [5.74, 6) is 1.26. The van der Waals surface area contributed by atoms with E-state index in [1.807, 2.05) is 0 Å². The topological polar surface area (TPSA) is 36.1 Å². The summed E-state index contributed by atoms with van der Waals surface area (Å²) in [5, 5.41) is 1.30. The molecule has 3 nitrogen and oxygen atoms in total. The van der Waals surface area contributed by atoms with E-state index in [4.69, 9.17) is 0 Å². The van der Waals surface area contributed by atoms with Crippen molar-refractivity contribution in [1.82, 2.24) is 9.88 Å². The summed E-state index contributed by atoms with van der Waals surface area (Å²) in [5.41, 5.74) is 3.75. The Bertz CT molecular complexity index is 726. The Kier molecular flexibility index (Phi) is 3.67. The molecule has 1 aromatic carbocycles. The summed E-state index contributed by atoms with van der Waals surface area (Å²) in [6.45, 7) is 4.37. The van der Waals surface area contributed by atoms with Gasteiger partial charge in [0.15, 0.2) is 0 Å². The van der Waals surface area contributed by atoms with Gasteiger partial charge in [0.1, 0.15) is 0 Å². The van der Waals surface area contributed by atoms with E-state index in [-0.39, 0.29) is 0 Å². The predicted octanol–water partition coefficient (Wildman–Crippen LogP) is 4.20. The van der Waals surface area contributed by atoms with E-state index in [1.165, 1.54) is 41.3 Å². The van der Waals surface area contributed by atoms with Gasteiger partial charge in [-0.15, -0.1) is 0 Å². The smallest absolute Gasteiger partial charge is 0.223 e. The first-order chi connectivity index (χ1) is 11.2. The lowest BCUT2D eigenvalue weighted by Crippen LogP contribution is -2.58. The number of benzene rings is 1. The fourth-order valence-electron chi connectivity index (χ4n) is 4.71. The third kappa shape index (κ3) is 2.46. The second-order valence-electron chi connectivity index (χ2n) is 7.40. The average Bonchev–Trinajstić information content (AvgIpc) is 2.95. The van der Waals surface area contributed by atoms with Crippen LogP contribution in [-0.4, -0.2) is 27.9 Å². The van der Waals surface area contributed by atoms with Gasteiger partial charge in [-0.2, -0.15) is 0 Å². The number of carbonyl (C=O) groups excluding carboxylic acids is 1. The monoisotopic (exact) mass is 310 g/mol. The number of piperidine rings is 2. The molecule has 0 spiro atoms. The van der Waals surface area contributed by atoms with Gasteiger partial charge in [0, 0.05) is 35.6 Å². The van der Waals surface area contributed by atoms with Crippen LogP contribution < -0.4 is 0 Å². The van der Waals surface area contributed by atoms with Crippen LogP contribution in [0.15, 0.2) is 24.4 Å². The number of amides is 1. The summed E-state index contributed by atoms with van der Waals surface area (Å²) in [6.07, 6.45) is 8.38. The van der Waals surface area contributed by atoms with E-state index in [2.05, 4.69) is 48.1 Å². The maximum Gasteiger partial charge on any atom is 0.223 e. The second-order valence-corrected chi connectivity index (χ2v) is 7.40. The number of carbonyl (C=O) groups is 1. The number of H-pyrrole nitrogens is 1. The first-order valence-electron chi connectivity index (χ1n) is 9.04. The highest BCUT2D eigenvalue weighted by molar-refractivity contribution is 5.87. The van der Waals surface area contributed by atoms with Crippen molar-refractivity contribution in [2.75, 3.05) is 0 Å². The zero-order valence-electron chi connectivity index (χ0n) is 14.1. The summed E-state index contributed by atoms with van der Waals surface area (Å²) >= 11 is 0. The number of aromatic nitrogens is 1. The molecule has 0 radical (unpaired) electrons. The molecule has 1 aliphatic carbocycles. The Morgan fingerprint density at radius 2 is 2.13 bits per heavy atom. The molecule has 1 aromatic heterocycles. The zero-order valence-corrected chi connectivity index (χ0v) is 14.1. The average molecular weight is 310 g/mol. The Labute approximate surface area is 138 Å². The summed E-state index contributed by atoms with van der Waals surface area (Å²) < 4.78 is 0. The Morgan fingerprint density at radius 1 is 1.30 bits per heavy atom. The molecule has 23 heavy (non-hydrogen) atoms. The van der Waals surface area contributed by atoms with Crippen LogP contribution in [0.25, 0.3) is 10.9 Å². The van der Waals surface area contributed by atoms with Gasteiger partial charge in [-0.05, 0) is 62.1 Å². The number of rotatable bonds is 4. The third-order valence-electron chi connectivity index (χ3n) is 5.97. The van der Waals surface area contributed by atoms with Crippen LogP contribution in [-0.2, 0) is 11.2 Å². The number of hydrogen-bond acceptors (Lipinski definition) is 1. The number of nitrogens with zero attached hydrogens (tertiary/aromatic N) is 1. The van der Waals surface area contributed by atoms with Gasteiger partial charge in [-0.25, -0.2) is 0 Å². The van der Waals surface area contributed by atoms with E-state index in [9.17, 15) is 4.79 Å². The highest BCUT2D eigenvalue weighted by atomic mass is 16.2. The normalized spacial score (nSPS) is 26.3. The van der Waals surface area contributed by atoms with Crippen LogP contribution in [0.2, 0.25) is 0 Å². The van der Waals surface area contributed by atoms with Crippen molar-refractivity contribution in [3.8, 4) is 0 Å². The molecule has 3 aliphatic rings. The molecule has 5 rings (SSSR count). The SMILES string of the molecule is CCC1CC2CC(C2)N1C(=O)CCc1c[nH]c2cccc(C)c12. The molecule has 3 heterocycles. The fourth-order valence-corrected chi connectivity index (χ4v) is 4.71. The summed E-state index contributed by atoms with van der Waals surface area (Å²) in [6, 6.07) is 7.36. The Balaban J connectivity index is 1.48. The lowest BCUT2D eigenvalue weighted by atomic mass is 9.70. The van der Waals surface area contributed by atoms with E-state index < -0.39 is 0 Å². The molecular weight excluding hydrogens is 284 g/mol. The highest BCUT2D eigenvalue weighted by Gasteiger charge is 2.44. The third-order valence-corrected chi connectivity index (χ3v) is 5.97. The van der Waals surface area contributed by atoms with Crippen molar-refractivity contribution in [3.63, 3.8) is 0 Å². The zero-order chi connectivity index (χ0) is 16.0. The largest absolute Gasteiger partial charge is 0.361 e. The van der Waals surface area contributed by atoms with Gasteiger partial charge >= 0.3 is 0 Å². The number of hydrogen-bond donors (Lipinski definition) is 1. The van der Waals surface area contributed by atoms with Gasteiger partial charge in [0.2, 0.25) is 5.91 Å². The molecule has 3 fully saturated rings. The molecule has 1 N–H and O–H groups in total. The summed E-state index contributed by atoms with van der Waals surface area (Å²) in [4.78, 5) is 18.4. The maximum absolute atomic E-state index is 12.8. The molecule has 1 saturated carbocycles. The van der Waals surface area contributed by atoms with Gasteiger partial charge < -0.3 is 9.88 Å². The molecule has 1 amide bonds. The van der Waals surface area contributed by atoms with Gasteiger partial charge in [0.05, 0.1) is 0 Å². The number of aromatic amines is 1. The van der Waals surface area contributed by atoms with Gasteiger partial charge in [-0.1, -0.05) is 19.1 Å². The van der Waals surface area contributed by atoms with Crippen LogP contribution in [0, 0.1) is 12.8 Å². The predicted molar refractivity (Wildman–Crippen MR) is 93.4 cm³/mol. The van der Waals surface area contributed by atoms with E-state index in [0.717, 1.165) is 18.8 Å². The molecule has 2 aromatic rings. The van der Waals surface area contributed by atoms with Crippen molar-refractivity contribution in [3.05, 3.63) is 35.5 Å². The molecule has 2 saturated heterocycles. The Morgan fingerprint density at radius 3 is 2.91 bits per heavy atom. The maximum atomic E-state index is 12.8. The van der Waals surface area contributed by atoms with Gasteiger partial charge in [-0.3, -0.25) is 4.79 Å². The molecule has 2 aliphatic heterocycles. The van der Waals surface area contributed by atoms with Crippen LogP contribution >= 0.6 is 0 Å². The molecule has 2 bridgehead atoms. The number of fused-ring (bicyclic) bond motifs is 3. The van der Waals surface area contributed by atoms with Crippen LogP contribution in [0.5, 0.6) is 0 Å². The van der Waals surface area contributed by atoms with Crippen LogP contribution in [0.1, 0.15) is 50.2 Å². The minimum Gasteiger partial charge on any atom is -0.361 e. The van der Waals surface area contributed by atoms with Crippen LogP contribution in [0.4, 0.5) is 0 Å². The van der Waals surface area contributed by atoms with Crippen molar-refractivity contribution in [2.24, 2.45) is 5.92 Å². The van der Waals surface area contributed by atoms with Crippen molar-refractivity contribution >= 4 is 16.8 Å². The fraction of sp³-hybridized carbons (Fsp3) is 0.550. The lowest BCUT2D eigenvalue weighted by Gasteiger charge is -2.53. The standard InChI is InChI=1S/C20H26N2O/c1-3-16-9-14-10-17(11-14)22(16)19(23)8-7-15-12-21-18-6-4-5-13(2)20(15)18/h4-6,12,14,16-17,21H,3,7-11H2,1-2H3. The van der Waals surface area contributed by atoms with Crippen molar-refractivity contribution in [2.45, 2.75) is 64.5 Å². The highest BCUT2D eigenvalue weighted by Crippen LogP contribution is 2.43. The number of nitrogens with one attached hydrogen (secondary N) is 1. The second kappa shape index (κ2) is 5.70. The molecule has 1 atom stereocenters. The van der Waals surface area contributed by atoms with Gasteiger partial charge in [0.25, 0.3) is 0 Å². The first-order valence-corrected chi connectivity index (χ1v) is 9.04. The molecule has 1 unspecified atom stereocenters.